The Balaban J connectivity index is 1.54. The summed E-state index contributed by atoms with van der Waals surface area (Å²) in [6.45, 7) is -0.468. The van der Waals surface area contributed by atoms with Crippen molar-refractivity contribution in [1.29, 1.82) is 5.26 Å². The van der Waals surface area contributed by atoms with Crippen LogP contribution in [0.4, 0.5) is 5.82 Å². The first-order chi connectivity index (χ1) is 13.4. The van der Waals surface area contributed by atoms with Crippen molar-refractivity contribution < 1.29 is 24.5 Å². The quantitative estimate of drug-likeness (QED) is 0.605. The Morgan fingerprint density at radius 2 is 2.25 bits per heavy atom. The fraction of sp³-hybridized carbons (Fsp3) is 0.556. The van der Waals surface area contributed by atoms with E-state index >= 15 is 0 Å². The zero-order chi connectivity index (χ0) is 19.9. The van der Waals surface area contributed by atoms with Gasteiger partial charge in [0.05, 0.1) is 5.69 Å². The van der Waals surface area contributed by atoms with E-state index in [1.165, 1.54) is 10.8 Å². The summed E-state index contributed by atoms with van der Waals surface area (Å²) < 4.78 is 12.4. The molecule has 3 heterocycles. The van der Waals surface area contributed by atoms with Gasteiger partial charge in [0.15, 0.2) is 5.82 Å². The molecule has 2 aromatic rings. The lowest BCUT2D eigenvalue weighted by atomic mass is 9.83. The summed E-state index contributed by atoms with van der Waals surface area (Å²) in [6.07, 6.45) is 0.580. The number of anilines is 1. The number of aromatic nitrogens is 3. The third-order valence-corrected chi connectivity index (χ3v) is 5.57. The summed E-state index contributed by atoms with van der Waals surface area (Å²) in [5.41, 5.74) is 4.84. The van der Waals surface area contributed by atoms with Crippen molar-refractivity contribution in [2.45, 2.75) is 49.6 Å². The maximum Gasteiger partial charge on any atom is 0.306 e. The fourth-order valence-electron chi connectivity index (χ4n) is 3.65. The third-order valence-electron chi connectivity index (χ3n) is 5.57. The van der Waals surface area contributed by atoms with Gasteiger partial charge < -0.3 is 25.4 Å². The van der Waals surface area contributed by atoms with E-state index in [0.717, 1.165) is 19.3 Å². The van der Waals surface area contributed by atoms with E-state index in [1.807, 2.05) is 6.07 Å². The molecule has 10 heteroatoms. The van der Waals surface area contributed by atoms with Gasteiger partial charge in [-0.3, -0.25) is 4.79 Å². The highest BCUT2D eigenvalue weighted by atomic mass is 16.6. The number of nitrogens with zero attached hydrogens (tertiary/aromatic N) is 4. The Morgan fingerprint density at radius 1 is 1.46 bits per heavy atom. The minimum absolute atomic E-state index is 0.241. The van der Waals surface area contributed by atoms with Crippen molar-refractivity contribution >= 4 is 17.3 Å². The van der Waals surface area contributed by atoms with Crippen LogP contribution in [0.3, 0.4) is 0 Å². The van der Waals surface area contributed by atoms with Crippen LogP contribution in [-0.4, -0.2) is 55.2 Å². The van der Waals surface area contributed by atoms with Crippen molar-refractivity contribution in [2.24, 2.45) is 5.92 Å². The Bertz CT molecular complexity index is 936. The summed E-state index contributed by atoms with van der Waals surface area (Å²) >= 11 is 0. The van der Waals surface area contributed by atoms with Gasteiger partial charge in [-0.1, -0.05) is 6.42 Å². The lowest BCUT2D eigenvalue weighted by Crippen LogP contribution is -2.46. The average molecular weight is 387 g/mol. The molecule has 0 unspecified atom stereocenters. The van der Waals surface area contributed by atoms with Gasteiger partial charge in [0.25, 0.3) is 0 Å². The lowest BCUT2D eigenvalue weighted by Gasteiger charge is -2.26. The molecular weight excluding hydrogens is 366 g/mol. The highest BCUT2D eigenvalue weighted by Crippen LogP contribution is 2.41. The molecule has 1 aliphatic carbocycles. The molecule has 1 saturated carbocycles. The number of carbonyl (C=O) groups excluding carboxylic acids is 1. The Hall–Kier alpha value is -2.74. The molecule has 0 aromatic carbocycles. The molecule has 10 nitrogen and oxygen atoms in total. The minimum Gasteiger partial charge on any atom is -0.461 e. The third kappa shape index (κ3) is 2.97. The molecule has 0 amide bonds. The van der Waals surface area contributed by atoms with Crippen LogP contribution in [0.1, 0.15) is 37.5 Å². The number of esters is 1. The van der Waals surface area contributed by atoms with E-state index in [2.05, 4.69) is 10.1 Å². The summed E-state index contributed by atoms with van der Waals surface area (Å²) in [4.78, 5) is 15.9. The van der Waals surface area contributed by atoms with Crippen LogP contribution < -0.4 is 5.73 Å². The summed E-state index contributed by atoms with van der Waals surface area (Å²) in [5.74, 6) is 0.114. The zero-order valence-corrected chi connectivity index (χ0v) is 15.1. The molecule has 4 rings (SSSR count). The van der Waals surface area contributed by atoms with Crippen LogP contribution in [-0.2, 0) is 14.3 Å². The normalized spacial score (nSPS) is 30.1. The lowest BCUT2D eigenvalue weighted by molar-refractivity contribution is -0.156. The zero-order valence-electron chi connectivity index (χ0n) is 15.1. The van der Waals surface area contributed by atoms with Gasteiger partial charge in [0.1, 0.15) is 42.8 Å². The summed E-state index contributed by atoms with van der Waals surface area (Å²) in [7, 11) is 0. The number of fused-ring (bicyclic) bond motifs is 1. The second kappa shape index (κ2) is 7.01. The number of aliphatic hydroxyl groups excluding tert-OH is 2. The largest absolute Gasteiger partial charge is 0.461 e. The van der Waals surface area contributed by atoms with Crippen LogP contribution >= 0.6 is 0 Å². The van der Waals surface area contributed by atoms with Gasteiger partial charge in [-0.05, 0) is 30.9 Å². The van der Waals surface area contributed by atoms with Crippen LogP contribution in [0.2, 0.25) is 0 Å². The molecule has 0 spiro atoms. The smallest absolute Gasteiger partial charge is 0.306 e. The topological polar surface area (TPSA) is 156 Å². The van der Waals surface area contributed by atoms with E-state index in [9.17, 15) is 20.3 Å². The molecule has 4 atom stereocenters. The van der Waals surface area contributed by atoms with E-state index in [4.69, 9.17) is 15.2 Å². The van der Waals surface area contributed by atoms with Gasteiger partial charge in [-0.15, -0.1) is 0 Å². The van der Waals surface area contributed by atoms with Crippen LogP contribution in [0.5, 0.6) is 0 Å². The molecular formula is C18H21N5O5. The first-order valence-electron chi connectivity index (χ1n) is 9.14. The van der Waals surface area contributed by atoms with Crippen molar-refractivity contribution in [3.63, 3.8) is 0 Å². The van der Waals surface area contributed by atoms with E-state index < -0.39 is 36.5 Å². The molecule has 148 valence electrons. The number of nitriles is 1. The van der Waals surface area contributed by atoms with Gasteiger partial charge in [0, 0.05) is 6.42 Å². The number of nitrogens with two attached hydrogens (primary N) is 1. The fourth-order valence-corrected chi connectivity index (χ4v) is 3.65. The second-order valence-corrected chi connectivity index (χ2v) is 7.34. The number of aliphatic hydroxyl groups is 2. The summed E-state index contributed by atoms with van der Waals surface area (Å²) in [5, 5.41) is 34.8. The number of ether oxygens (including phenoxy) is 2. The monoisotopic (exact) mass is 387 g/mol. The van der Waals surface area contributed by atoms with Crippen LogP contribution in [0.15, 0.2) is 18.5 Å². The van der Waals surface area contributed by atoms with E-state index in [0.29, 0.717) is 17.1 Å². The van der Waals surface area contributed by atoms with E-state index in [1.54, 1.807) is 12.1 Å². The molecule has 2 fully saturated rings. The van der Waals surface area contributed by atoms with Crippen molar-refractivity contribution in [3.8, 4) is 6.07 Å². The highest BCUT2D eigenvalue weighted by molar-refractivity contribution is 5.70. The Kier molecular flexibility index (Phi) is 4.66. The van der Waals surface area contributed by atoms with Crippen LogP contribution in [0.25, 0.3) is 5.52 Å². The number of nitrogen functional groups attached to an aromatic ring is 1. The van der Waals surface area contributed by atoms with Crippen molar-refractivity contribution in [2.75, 3.05) is 12.3 Å². The molecule has 2 aliphatic rings. The van der Waals surface area contributed by atoms with Gasteiger partial charge in [-0.2, -0.15) is 10.4 Å². The predicted octanol–water partition coefficient (Wildman–Crippen LogP) is 0.100. The number of rotatable bonds is 5. The molecule has 28 heavy (non-hydrogen) atoms. The molecule has 1 saturated heterocycles. The number of hydrogen-bond donors (Lipinski definition) is 3. The number of carbonyl (C=O) groups is 1. The van der Waals surface area contributed by atoms with E-state index in [-0.39, 0.29) is 12.2 Å². The Morgan fingerprint density at radius 3 is 2.93 bits per heavy atom. The summed E-state index contributed by atoms with van der Waals surface area (Å²) in [6, 6.07) is 5.14. The first-order valence-corrected chi connectivity index (χ1v) is 9.14. The maximum absolute atomic E-state index is 12.0. The predicted molar refractivity (Wildman–Crippen MR) is 94.5 cm³/mol. The first kappa shape index (κ1) is 18.6. The van der Waals surface area contributed by atoms with Gasteiger partial charge in [0.2, 0.25) is 5.60 Å². The van der Waals surface area contributed by atoms with Crippen molar-refractivity contribution in [3.05, 3.63) is 24.2 Å². The molecule has 1 aliphatic heterocycles. The highest BCUT2D eigenvalue weighted by Gasteiger charge is 2.57. The average Bonchev–Trinajstić information content (AvgIpc) is 3.19. The Labute approximate surface area is 160 Å². The van der Waals surface area contributed by atoms with Gasteiger partial charge >= 0.3 is 5.97 Å². The maximum atomic E-state index is 12.0. The standard InChI is InChI=1S/C18H21N5O5/c19-7-18(8-27-13(24)6-10-2-1-3-10)16(26)14(25)15(28-18)11-4-5-12-17(20)21-9-22-23(11)12/h4-5,9-10,14-16,25-26H,1-3,6,8H2,(H2,20,21,22)/t14-,15-,16-,18+/m0/s1. The molecule has 0 bridgehead atoms. The SMILES string of the molecule is N#C[C@]1(COC(=O)CC2CCC2)O[C@@H](c2ccc3c(N)ncnn23)[C@H](O)[C@@H]1O. The number of hydrogen-bond acceptors (Lipinski definition) is 9. The molecule has 4 N–H and O–H groups in total. The van der Waals surface area contributed by atoms with Crippen LogP contribution in [0, 0.1) is 17.2 Å². The van der Waals surface area contributed by atoms with Gasteiger partial charge in [-0.25, -0.2) is 9.50 Å². The second-order valence-electron chi connectivity index (χ2n) is 7.34. The minimum atomic E-state index is -1.87. The molecule has 2 aromatic heterocycles. The molecule has 0 radical (unpaired) electrons. The van der Waals surface area contributed by atoms with Crippen molar-refractivity contribution in [1.82, 2.24) is 14.6 Å².